The summed E-state index contributed by atoms with van der Waals surface area (Å²) in [7, 11) is 0. The van der Waals surface area contributed by atoms with E-state index in [0.29, 0.717) is 10.8 Å². The summed E-state index contributed by atoms with van der Waals surface area (Å²) in [6.07, 6.45) is 5.23. The van der Waals surface area contributed by atoms with Gasteiger partial charge in [-0.1, -0.05) is 18.0 Å². The summed E-state index contributed by atoms with van der Waals surface area (Å²) in [6, 6.07) is 3.55. The second-order valence-electron chi connectivity index (χ2n) is 4.47. The van der Waals surface area contributed by atoms with Crippen LogP contribution in [0.3, 0.4) is 0 Å². The number of rotatable bonds is 2. The summed E-state index contributed by atoms with van der Waals surface area (Å²) in [6.45, 7) is 0. The van der Waals surface area contributed by atoms with E-state index in [2.05, 4.69) is 10.3 Å². The molecule has 1 aromatic rings. The third-order valence-corrected chi connectivity index (χ3v) is 3.29. The number of aromatic nitrogens is 1. The van der Waals surface area contributed by atoms with Crippen LogP contribution in [0.15, 0.2) is 18.3 Å². The molecule has 0 saturated heterocycles. The Hall–Kier alpha value is -1.13. The molecule has 0 radical (unpaired) electrons. The molecule has 2 unspecified atom stereocenters. The van der Waals surface area contributed by atoms with Crippen LogP contribution < -0.4 is 11.1 Å². The Bertz CT molecular complexity index is 393. The van der Waals surface area contributed by atoms with E-state index >= 15 is 0 Å². The van der Waals surface area contributed by atoms with E-state index in [1.807, 2.05) is 0 Å². The molecule has 0 aliphatic heterocycles. The van der Waals surface area contributed by atoms with Gasteiger partial charge in [0.05, 0.1) is 5.02 Å². The summed E-state index contributed by atoms with van der Waals surface area (Å²) >= 11 is 5.72. The van der Waals surface area contributed by atoms with E-state index in [1.54, 1.807) is 12.1 Å². The number of carbonyl (C=O) groups is 1. The van der Waals surface area contributed by atoms with Gasteiger partial charge in [-0.2, -0.15) is 0 Å². The first kappa shape index (κ1) is 12.3. The van der Waals surface area contributed by atoms with Crippen LogP contribution in [0.2, 0.25) is 5.02 Å². The van der Waals surface area contributed by atoms with Gasteiger partial charge in [0.15, 0.2) is 0 Å². The van der Waals surface area contributed by atoms with Crippen molar-refractivity contribution >= 4 is 23.3 Å². The normalized spacial score (nSPS) is 24.4. The highest BCUT2D eigenvalue weighted by atomic mass is 35.5. The van der Waals surface area contributed by atoms with Crippen molar-refractivity contribution in [2.24, 2.45) is 11.7 Å². The second kappa shape index (κ2) is 5.47. The Balaban J connectivity index is 1.94. The topological polar surface area (TPSA) is 68.0 Å². The molecule has 1 amide bonds. The summed E-state index contributed by atoms with van der Waals surface area (Å²) in [5.41, 5.74) is 5.86. The Kier molecular flexibility index (Phi) is 3.97. The molecule has 1 fully saturated rings. The highest BCUT2D eigenvalue weighted by molar-refractivity contribution is 6.30. The Morgan fingerprint density at radius 1 is 1.47 bits per heavy atom. The van der Waals surface area contributed by atoms with Gasteiger partial charge in [-0.3, -0.25) is 4.79 Å². The fraction of sp³-hybridized carbons (Fsp3) is 0.500. The zero-order chi connectivity index (χ0) is 12.3. The van der Waals surface area contributed by atoms with Crippen molar-refractivity contribution in [2.75, 3.05) is 5.32 Å². The van der Waals surface area contributed by atoms with Gasteiger partial charge in [-0.05, 0) is 31.4 Å². The molecule has 1 aliphatic carbocycles. The van der Waals surface area contributed by atoms with Gasteiger partial charge in [-0.25, -0.2) is 4.98 Å². The first-order valence-electron chi connectivity index (χ1n) is 5.83. The molecule has 1 saturated carbocycles. The van der Waals surface area contributed by atoms with Crippen molar-refractivity contribution in [1.82, 2.24) is 4.98 Å². The summed E-state index contributed by atoms with van der Waals surface area (Å²) < 4.78 is 0. The summed E-state index contributed by atoms with van der Waals surface area (Å²) in [5.74, 6) is 0.560. The van der Waals surface area contributed by atoms with Crippen LogP contribution in [0.25, 0.3) is 0 Å². The van der Waals surface area contributed by atoms with Crippen molar-refractivity contribution in [3.8, 4) is 0 Å². The minimum absolute atomic E-state index is 0.00923. The molecule has 5 heteroatoms. The third-order valence-electron chi connectivity index (χ3n) is 3.06. The van der Waals surface area contributed by atoms with Crippen LogP contribution >= 0.6 is 11.6 Å². The number of carbonyl (C=O) groups excluding carboxylic acids is 1. The average Bonchev–Trinajstić information content (AvgIpc) is 2.32. The number of nitrogens with two attached hydrogens (primary N) is 1. The maximum atomic E-state index is 12.0. The van der Waals surface area contributed by atoms with Crippen molar-refractivity contribution in [1.29, 1.82) is 0 Å². The van der Waals surface area contributed by atoms with Gasteiger partial charge in [0.1, 0.15) is 5.82 Å². The Morgan fingerprint density at radius 2 is 2.29 bits per heavy atom. The molecule has 0 bridgehead atoms. The molecule has 17 heavy (non-hydrogen) atoms. The lowest BCUT2D eigenvalue weighted by Crippen LogP contribution is -2.34. The van der Waals surface area contributed by atoms with Crippen LogP contribution in [0.1, 0.15) is 25.7 Å². The number of anilines is 1. The minimum Gasteiger partial charge on any atom is -0.328 e. The van der Waals surface area contributed by atoms with Crippen LogP contribution in [0.5, 0.6) is 0 Å². The standard InChI is InChI=1S/C12H16ClN3O/c13-9-4-5-11(15-7-9)16-12(17)8-2-1-3-10(14)6-8/h4-5,7-8,10H,1-3,6,14H2,(H,15,16,17). The van der Waals surface area contributed by atoms with Crippen molar-refractivity contribution in [3.05, 3.63) is 23.4 Å². The number of nitrogens with one attached hydrogen (secondary N) is 1. The van der Waals surface area contributed by atoms with Gasteiger partial charge in [-0.15, -0.1) is 0 Å². The molecule has 2 rings (SSSR count). The Labute approximate surface area is 106 Å². The van der Waals surface area contributed by atoms with E-state index in [9.17, 15) is 4.79 Å². The number of pyridine rings is 1. The highest BCUT2D eigenvalue weighted by Crippen LogP contribution is 2.24. The number of hydrogen-bond acceptors (Lipinski definition) is 3. The molecular weight excluding hydrogens is 238 g/mol. The lowest BCUT2D eigenvalue weighted by atomic mass is 9.85. The van der Waals surface area contributed by atoms with Crippen molar-refractivity contribution in [3.63, 3.8) is 0 Å². The van der Waals surface area contributed by atoms with E-state index < -0.39 is 0 Å². The molecule has 92 valence electrons. The van der Waals surface area contributed by atoms with Crippen LogP contribution in [0.4, 0.5) is 5.82 Å². The SMILES string of the molecule is NC1CCCC(C(=O)Nc2ccc(Cl)cn2)C1. The molecular formula is C12H16ClN3O. The number of halogens is 1. The van der Waals surface area contributed by atoms with Gasteiger partial charge in [0, 0.05) is 18.2 Å². The first-order chi connectivity index (χ1) is 8.15. The summed E-state index contributed by atoms with van der Waals surface area (Å²) in [4.78, 5) is 16.0. The van der Waals surface area contributed by atoms with Gasteiger partial charge in [0.2, 0.25) is 5.91 Å². The van der Waals surface area contributed by atoms with E-state index in [4.69, 9.17) is 17.3 Å². The van der Waals surface area contributed by atoms with Gasteiger partial charge < -0.3 is 11.1 Å². The molecule has 2 atom stereocenters. The van der Waals surface area contributed by atoms with Crippen LogP contribution in [-0.2, 0) is 4.79 Å². The smallest absolute Gasteiger partial charge is 0.228 e. The minimum atomic E-state index is 0.00923. The average molecular weight is 254 g/mol. The quantitative estimate of drug-likeness (QED) is 0.849. The molecule has 1 aromatic heterocycles. The number of amides is 1. The van der Waals surface area contributed by atoms with E-state index in [1.165, 1.54) is 6.20 Å². The zero-order valence-corrected chi connectivity index (χ0v) is 10.3. The first-order valence-corrected chi connectivity index (χ1v) is 6.21. The monoisotopic (exact) mass is 253 g/mol. The highest BCUT2D eigenvalue weighted by Gasteiger charge is 2.25. The molecule has 4 nitrogen and oxygen atoms in total. The summed E-state index contributed by atoms with van der Waals surface area (Å²) in [5, 5.41) is 3.35. The number of hydrogen-bond donors (Lipinski definition) is 2. The van der Waals surface area contributed by atoms with Crippen LogP contribution in [0, 0.1) is 5.92 Å². The molecule has 1 aliphatic rings. The maximum Gasteiger partial charge on any atom is 0.228 e. The lowest BCUT2D eigenvalue weighted by Gasteiger charge is -2.25. The van der Waals surface area contributed by atoms with E-state index in [-0.39, 0.29) is 17.9 Å². The van der Waals surface area contributed by atoms with Gasteiger partial charge >= 0.3 is 0 Å². The van der Waals surface area contributed by atoms with Crippen molar-refractivity contribution < 1.29 is 4.79 Å². The molecule has 0 aromatic carbocycles. The number of nitrogens with zero attached hydrogens (tertiary/aromatic N) is 1. The molecule has 0 spiro atoms. The molecule has 3 N–H and O–H groups in total. The maximum absolute atomic E-state index is 12.0. The third kappa shape index (κ3) is 3.41. The fourth-order valence-electron chi connectivity index (χ4n) is 2.14. The fourth-order valence-corrected chi connectivity index (χ4v) is 2.26. The van der Waals surface area contributed by atoms with Gasteiger partial charge in [0.25, 0.3) is 0 Å². The zero-order valence-electron chi connectivity index (χ0n) is 9.53. The lowest BCUT2D eigenvalue weighted by molar-refractivity contribution is -0.120. The van der Waals surface area contributed by atoms with E-state index in [0.717, 1.165) is 25.7 Å². The van der Waals surface area contributed by atoms with Crippen molar-refractivity contribution in [2.45, 2.75) is 31.7 Å². The predicted molar refractivity (Wildman–Crippen MR) is 67.8 cm³/mol. The molecule has 1 heterocycles. The van der Waals surface area contributed by atoms with Crippen LogP contribution in [-0.4, -0.2) is 16.9 Å². The largest absolute Gasteiger partial charge is 0.328 e. The second-order valence-corrected chi connectivity index (χ2v) is 4.91. The predicted octanol–water partition coefficient (Wildman–Crippen LogP) is 2.19. The Morgan fingerprint density at radius 3 is 2.94 bits per heavy atom.